The molecule has 3 N–H and O–H groups in total. The lowest BCUT2D eigenvalue weighted by Crippen LogP contribution is -2.43. The van der Waals surface area contributed by atoms with Crippen molar-refractivity contribution in [2.75, 3.05) is 36.8 Å². The Kier molecular flexibility index (Phi) is 4.73. The number of nitrogens with one attached hydrogen (secondary N) is 1. The Morgan fingerprint density at radius 2 is 2.15 bits per heavy atom. The van der Waals surface area contributed by atoms with E-state index in [1.165, 1.54) is 6.20 Å². The fraction of sp³-hybridized carbons (Fsp3) is 0.263. The average molecular weight is 368 g/mol. The maximum Gasteiger partial charge on any atom is 0.297 e. The van der Waals surface area contributed by atoms with Crippen molar-refractivity contribution >= 4 is 28.8 Å². The zero-order chi connectivity index (χ0) is 17.9. The summed E-state index contributed by atoms with van der Waals surface area (Å²) in [6.45, 7) is 3.42. The van der Waals surface area contributed by atoms with Crippen LogP contribution in [0.1, 0.15) is 16.1 Å². The average Bonchev–Trinajstić information content (AvgIpc) is 3.36. The van der Waals surface area contributed by atoms with Gasteiger partial charge in [-0.2, -0.15) is 0 Å². The number of piperazine rings is 1. The molecule has 6 nitrogen and oxygen atoms in total. The minimum atomic E-state index is -0.117. The minimum Gasteiger partial charge on any atom is -0.420 e. The summed E-state index contributed by atoms with van der Waals surface area (Å²) in [6.07, 6.45) is 1.71. The summed E-state index contributed by atoms with van der Waals surface area (Å²) in [5.74, 6) is 0.161. The summed E-state index contributed by atoms with van der Waals surface area (Å²) in [6, 6.07) is 10.4. The summed E-state index contributed by atoms with van der Waals surface area (Å²) in [5, 5.41) is 5.31. The monoisotopic (exact) mass is 368 g/mol. The highest BCUT2D eigenvalue weighted by Crippen LogP contribution is 2.28. The zero-order valence-electron chi connectivity index (χ0n) is 14.3. The van der Waals surface area contributed by atoms with E-state index in [0.29, 0.717) is 11.7 Å². The van der Waals surface area contributed by atoms with Gasteiger partial charge in [0.15, 0.2) is 5.76 Å². The molecule has 3 aromatic rings. The van der Waals surface area contributed by atoms with Crippen LogP contribution in [-0.2, 0) is 6.42 Å². The predicted molar refractivity (Wildman–Crippen MR) is 104 cm³/mol. The molecule has 1 aliphatic heterocycles. The molecule has 1 saturated heterocycles. The third kappa shape index (κ3) is 3.49. The van der Waals surface area contributed by atoms with Crippen molar-refractivity contribution in [3.05, 3.63) is 53.2 Å². The number of nitrogens with two attached hydrogens (primary N) is 1. The van der Waals surface area contributed by atoms with E-state index in [0.717, 1.165) is 42.2 Å². The Morgan fingerprint density at radius 3 is 2.92 bits per heavy atom. The zero-order valence-corrected chi connectivity index (χ0v) is 15.1. The maximum absolute atomic E-state index is 12.6. The molecule has 1 fully saturated rings. The second-order valence-corrected chi connectivity index (χ2v) is 7.18. The third-order valence-corrected chi connectivity index (χ3v) is 5.37. The van der Waals surface area contributed by atoms with E-state index in [9.17, 15) is 4.79 Å². The van der Waals surface area contributed by atoms with Gasteiger partial charge >= 0.3 is 0 Å². The highest BCUT2D eigenvalue weighted by molar-refractivity contribution is 7.13. The topological polar surface area (TPSA) is 84.4 Å². The molecule has 0 bridgehead atoms. The number of Topliss-reactive ketones (excluding diaryl/α,β-unsaturated/α-hetero) is 1. The molecule has 0 saturated carbocycles. The summed E-state index contributed by atoms with van der Waals surface area (Å²) in [5.41, 5.74) is 8.56. The first kappa shape index (κ1) is 16.8. The SMILES string of the molecule is Nc1ccc(-c2cccs2)cc1CC(=O)c1cnc(N2CCNCC2)o1. The Hall–Kier alpha value is -2.64. The molecule has 134 valence electrons. The lowest BCUT2D eigenvalue weighted by molar-refractivity contribution is 0.0967. The van der Waals surface area contributed by atoms with Crippen LogP contribution < -0.4 is 16.0 Å². The fourth-order valence-corrected chi connectivity index (χ4v) is 3.74. The van der Waals surface area contributed by atoms with Crippen LogP contribution in [-0.4, -0.2) is 36.9 Å². The second-order valence-electron chi connectivity index (χ2n) is 6.23. The van der Waals surface area contributed by atoms with E-state index in [1.807, 2.05) is 34.5 Å². The smallest absolute Gasteiger partial charge is 0.297 e. The van der Waals surface area contributed by atoms with Crippen LogP contribution in [0.3, 0.4) is 0 Å². The van der Waals surface area contributed by atoms with Crippen LogP contribution in [0.2, 0.25) is 0 Å². The Morgan fingerprint density at radius 1 is 1.31 bits per heavy atom. The molecule has 0 unspecified atom stereocenters. The maximum atomic E-state index is 12.6. The number of oxazole rings is 1. The number of nitrogens with zero attached hydrogens (tertiary/aromatic N) is 2. The lowest BCUT2D eigenvalue weighted by Gasteiger charge is -2.25. The molecule has 1 aliphatic rings. The van der Waals surface area contributed by atoms with Gasteiger partial charge in [-0.25, -0.2) is 4.98 Å². The highest BCUT2D eigenvalue weighted by Gasteiger charge is 2.19. The molecule has 1 aromatic carbocycles. The number of carbonyl (C=O) groups is 1. The standard InChI is InChI=1S/C19H20N4O2S/c20-15-4-3-13(18-2-1-9-26-18)10-14(15)11-16(24)17-12-22-19(25-17)23-7-5-21-6-8-23/h1-4,9-10,12,21H,5-8,11,20H2. The van der Waals surface area contributed by atoms with Crippen LogP contribution in [0.25, 0.3) is 10.4 Å². The molecule has 26 heavy (non-hydrogen) atoms. The van der Waals surface area contributed by atoms with Crippen molar-refractivity contribution in [2.24, 2.45) is 0 Å². The van der Waals surface area contributed by atoms with Crippen LogP contribution in [0.15, 0.2) is 46.3 Å². The Labute approximate surface area is 155 Å². The molecule has 3 heterocycles. The number of nitrogen functional groups attached to an aromatic ring is 1. The molecule has 0 spiro atoms. The third-order valence-electron chi connectivity index (χ3n) is 4.46. The first-order valence-corrected chi connectivity index (χ1v) is 9.45. The van der Waals surface area contributed by atoms with Gasteiger partial charge in [0.05, 0.1) is 6.20 Å². The molecule has 0 aliphatic carbocycles. The lowest BCUT2D eigenvalue weighted by atomic mass is 10.0. The first-order chi connectivity index (χ1) is 12.7. The van der Waals surface area contributed by atoms with E-state index in [1.54, 1.807) is 11.3 Å². The van der Waals surface area contributed by atoms with E-state index in [-0.39, 0.29) is 18.0 Å². The molecule has 2 aromatic heterocycles. The summed E-state index contributed by atoms with van der Waals surface area (Å²) >= 11 is 1.66. The number of hydrogen-bond acceptors (Lipinski definition) is 7. The molecule has 0 amide bonds. The van der Waals surface area contributed by atoms with Gasteiger partial charge in [-0.05, 0) is 34.7 Å². The van der Waals surface area contributed by atoms with E-state index in [4.69, 9.17) is 10.2 Å². The molecular weight excluding hydrogens is 348 g/mol. The summed E-state index contributed by atoms with van der Waals surface area (Å²) in [7, 11) is 0. The predicted octanol–water partition coefficient (Wildman–Crippen LogP) is 2.82. The van der Waals surface area contributed by atoms with Gasteiger partial charge < -0.3 is 20.4 Å². The van der Waals surface area contributed by atoms with Crippen molar-refractivity contribution in [1.82, 2.24) is 10.3 Å². The van der Waals surface area contributed by atoms with Gasteiger partial charge in [-0.3, -0.25) is 4.79 Å². The number of anilines is 2. The van der Waals surface area contributed by atoms with Crippen molar-refractivity contribution in [3.63, 3.8) is 0 Å². The second kappa shape index (κ2) is 7.31. The van der Waals surface area contributed by atoms with Crippen molar-refractivity contribution in [3.8, 4) is 10.4 Å². The number of aromatic nitrogens is 1. The van der Waals surface area contributed by atoms with E-state index in [2.05, 4.69) is 16.4 Å². The minimum absolute atomic E-state index is 0.117. The van der Waals surface area contributed by atoms with Crippen molar-refractivity contribution < 1.29 is 9.21 Å². The van der Waals surface area contributed by atoms with E-state index >= 15 is 0 Å². The van der Waals surface area contributed by atoms with E-state index < -0.39 is 0 Å². The van der Waals surface area contributed by atoms with Crippen molar-refractivity contribution in [1.29, 1.82) is 0 Å². The first-order valence-electron chi connectivity index (χ1n) is 8.58. The Bertz CT molecular complexity index is 898. The van der Waals surface area contributed by atoms with Crippen LogP contribution in [0.5, 0.6) is 0 Å². The van der Waals surface area contributed by atoms with Gasteiger partial charge in [0.1, 0.15) is 0 Å². The summed E-state index contributed by atoms with van der Waals surface area (Å²) < 4.78 is 5.70. The number of benzene rings is 1. The fourth-order valence-electron chi connectivity index (χ4n) is 3.01. The summed E-state index contributed by atoms with van der Waals surface area (Å²) in [4.78, 5) is 20.1. The quantitative estimate of drug-likeness (QED) is 0.532. The number of thiophene rings is 1. The highest BCUT2D eigenvalue weighted by atomic mass is 32.1. The number of rotatable bonds is 5. The Balaban J connectivity index is 1.51. The molecular formula is C19H20N4O2S. The van der Waals surface area contributed by atoms with Gasteiger partial charge in [-0.15, -0.1) is 11.3 Å². The molecule has 7 heteroatoms. The van der Waals surface area contributed by atoms with Crippen LogP contribution in [0, 0.1) is 0 Å². The van der Waals surface area contributed by atoms with Crippen LogP contribution >= 0.6 is 11.3 Å². The van der Waals surface area contributed by atoms with Gasteiger partial charge in [-0.1, -0.05) is 12.1 Å². The number of hydrogen-bond donors (Lipinski definition) is 2. The molecule has 4 rings (SSSR count). The largest absolute Gasteiger partial charge is 0.420 e. The number of carbonyl (C=O) groups excluding carboxylic acids is 1. The normalized spacial score (nSPS) is 14.5. The van der Waals surface area contributed by atoms with Gasteiger partial charge in [0.25, 0.3) is 6.01 Å². The van der Waals surface area contributed by atoms with Gasteiger partial charge in [0.2, 0.25) is 5.78 Å². The number of ketones is 1. The molecule has 0 atom stereocenters. The van der Waals surface area contributed by atoms with Crippen molar-refractivity contribution in [2.45, 2.75) is 6.42 Å². The van der Waals surface area contributed by atoms with Crippen LogP contribution in [0.4, 0.5) is 11.7 Å². The molecule has 0 radical (unpaired) electrons. The van der Waals surface area contributed by atoms with Gasteiger partial charge in [0, 0.05) is 43.2 Å².